The van der Waals surface area contributed by atoms with Gasteiger partial charge in [-0.15, -0.1) is 0 Å². The fourth-order valence-electron chi connectivity index (χ4n) is 1.87. The van der Waals surface area contributed by atoms with Crippen LogP contribution in [0.4, 0.5) is 11.8 Å². The van der Waals surface area contributed by atoms with Crippen LogP contribution >= 0.6 is 0 Å². The van der Waals surface area contributed by atoms with E-state index in [1.165, 1.54) is 0 Å². The van der Waals surface area contributed by atoms with Crippen molar-refractivity contribution >= 4 is 22.7 Å². The topological polar surface area (TPSA) is 70.3 Å². The molecule has 0 bridgehead atoms. The molecule has 1 heterocycles. The van der Waals surface area contributed by atoms with E-state index in [2.05, 4.69) is 39.3 Å². The highest BCUT2D eigenvalue weighted by atomic mass is 15.3. The van der Waals surface area contributed by atoms with Crippen LogP contribution < -0.4 is 16.2 Å². The first kappa shape index (κ1) is 13.5. The predicted molar refractivity (Wildman–Crippen MR) is 79.2 cm³/mol. The second-order valence-corrected chi connectivity index (χ2v) is 4.76. The highest BCUT2D eigenvalue weighted by Crippen LogP contribution is 2.23. The van der Waals surface area contributed by atoms with Crippen LogP contribution in [-0.4, -0.2) is 49.1 Å². The number of hydrazine groups is 1. The van der Waals surface area contributed by atoms with Crippen molar-refractivity contribution in [1.29, 1.82) is 0 Å². The van der Waals surface area contributed by atoms with E-state index in [0.717, 1.165) is 29.8 Å². The monoisotopic (exact) mass is 260 g/mol. The van der Waals surface area contributed by atoms with E-state index in [0.29, 0.717) is 5.95 Å². The average Bonchev–Trinajstić information content (AvgIpc) is 2.43. The maximum absolute atomic E-state index is 5.43. The fraction of sp³-hybridized carbons (Fsp3) is 0.385. The van der Waals surface area contributed by atoms with Crippen molar-refractivity contribution in [1.82, 2.24) is 14.9 Å². The maximum Gasteiger partial charge on any atom is 0.239 e. The molecule has 0 unspecified atom stereocenters. The van der Waals surface area contributed by atoms with Crippen molar-refractivity contribution in [2.45, 2.75) is 0 Å². The van der Waals surface area contributed by atoms with E-state index in [1.807, 2.05) is 31.3 Å². The molecule has 0 saturated carbocycles. The molecule has 0 radical (unpaired) electrons. The molecule has 0 aliphatic heterocycles. The zero-order valence-electron chi connectivity index (χ0n) is 11.6. The number of aromatic nitrogens is 2. The summed E-state index contributed by atoms with van der Waals surface area (Å²) in [7, 11) is 6.14. The second-order valence-electron chi connectivity index (χ2n) is 4.76. The van der Waals surface area contributed by atoms with E-state index in [9.17, 15) is 0 Å². The molecule has 1 aromatic carbocycles. The molecule has 0 aliphatic carbocycles. The van der Waals surface area contributed by atoms with Gasteiger partial charge in [-0.05, 0) is 26.2 Å². The Balaban J connectivity index is 2.39. The van der Waals surface area contributed by atoms with E-state index >= 15 is 0 Å². The van der Waals surface area contributed by atoms with Gasteiger partial charge in [0.1, 0.15) is 5.82 Å². The summed E-state index contributed by atoms with van der Waals surface area (Å²) in [5, 5.41) is 1.03. The van der Waals surface area contributed by atoms with Gasteiger partial charge < -0.3 is 9.80 Å². The summed E-state index contributed by atoms with van der Waals surface area (Å²) in [5.74, 6) is 6.76. The number of hydrogen-bond donors (Lipinski definition) is 2. The summed E-state index contributed by atoms with van der Waals surface area (Å²) >= 11 is 0. The van der Waals surface area contributed by atoms with Crippen molar-refractivity contribution in [2.75, 3.05) is 44.6 Å². The number of fused-ring (bicyclic) bond motifs is 1. The fourth-order valence-corrected chi connectivity index (χ4v) is 1.87. The quantitative estimate of drug-likeness (QED) is 0.615. The van der Waals surface area contributed by atoms with Gasteiger partial charge in [0.25, 0.3) is 0 Å². The van der Waals surface area contributed by atoms with Gasteiger partial charge in [-0.2, -0.15) is 4.98 Å². The molecule has 3 N–H and O–H groups in total. The van der Waals surface area contributed by atoms with Crippen LogP contribution in [0.25, 0.3) is 10.9 Å². The lowest BCUT2D eigenvalue weighted by atomic mass is 10.2. The Labute approximate surface area is 113 Å². The summed E-state index contributed by atoms with van der Waals surface area (Å²) in [5.41, 5.74) is 3.41. The highest BCUT2D eigenvalue weighted by molar-refractivity contribution is 5.90. The second kappa shape index (κ2) is 5.81. The van der Waals surface area contributed by atoms with E-state index in [-0.39, 0.29) is 0 Å². The number of benzene rings is 1. The largest absolute Gasteiger partial charge is 0.358 e. The van der Waals surface area contributed by atoms with Crippen molar-refractivity contribution < 1.29 is 0 Å². The SMILES string of the molecule is CN(C)CCN(C)c1nc(NN)nc2ccccc12. The smallest absolute Gasteiger partial charge is 0.239 e. The maximum atomic E-state index is 5.43. The van der Waals surface area contributed by atoms with Crippen molar-refractivity contribution in [2.24, 2.45) is 5.84 Å². The van der Waals surface area contributed by atoms with Gasteiger partial charge in [0, 0.05) is 25.5 Å². The van der Waals surface area contributed by atoms with Gasteiger partial charge in [0.2, 0.25) is 5.95 Å². The molecule has 6 heteroatoms. The number of nitrogens with one attached hydrogen (secondary N) is 1. The lowest BCUT2D eigenvalue weighted by molar-refractivity contribution is 0.416. The molecule has 2 aromatic rings. The Bertz CT molecular complexity index is 554. The third kappa shape index (κ3) is 3.10. The average molecular weight is 260 g/mol. The summed E-state index contributed by atoms with van der Waals surface area (Å²) in [6.45, 7) is 1.85. The Kier molecular flexibility index (Phi) is 4.13. The number of nitrogens with zero attached hydrogens (tertiary/aromatic N) is 4. The van der Waals surface area contributed by atoms with Crippen LogP contribution in [0.2, 0.25) is 0 Å². The summed E-state index contributed by atoms with van der Waals surface area (Å²) < 4.78 is 0. The predicted octanol–water partition coefficient (Wildman–Crippen LogP) is 0.913. The molecule has 0 saturated heterocycles. The third-order valence-electron chi connectivity index (χ3n) is 2.96. The van der Waals surface area contributed by atoms with Crippen LogP contribution in [0, 0.1) is 0 Å². The number of likely N-dealkylation sites (N-methyl/N-ethyl adjacent to an activating group) is 2. The molecular formula is C13H20N6. The standard InChI is InChI=1S/C13H20N6/c1-18(2)8-9-19(3)12-10-6-4-5-7-11(10)15-13(16-12)17-14/h4-7H,8-9,14H2,1-3H3,(H,15,16,17). The number of anilines is 2. The van der Waals surface area contributed by atoms with E-state index in [4.69, 9.17) is 5.84 Å². The Morgan fingerprint density at radius 1 is 1.11 bits per heavy atom. The Morgan fingerprint density at radius 3 is 2.53 bits per heavy atom. The van der Waals surface area contributed by atoms with Gasteiger partial charge in [-0.25, -0.2) is 10.8 Å². The first-order valence-electron chi connectivity index (χ1n) is 6.21. The lowest BCUT2D eigenvalue weighted by Crippen LogP contribution is -2.29. The Hall–Kier alpha value is -1.92. The summed E-state index contributed by atoms with van der Waals surface area (Å²) in [4.78, 5) is 13.1. The van der Waals surface area contributed by atoms with Gasteiger partial charge in [0.15, 0.2) is 0 Å². The number of para-hydroxylation sites is 1. The number of hydrogen-bond acceptors (Lipinski definition) is 6. The molecule has 0 atom stereocenters. The van der Waals surface area contributed by atoms with E-state index in [1.54, 1.807) is 0 Å². The van der Waals surface area contributed by atoms with Crippen molar-refractivity contribution in [3.05, 3.63) is 24.3 Å². The molecule has 0 aliphatic rings. The van der Waals surface area contributed by atoms with Gasteiger partial charge in [0.05, 0.1) is 5.52 Å². The van der Waals surface area contributed by atoms with Crippen molar-refractivity contribution in [3.8, 4) is 0 Å². The molecule has 102 valence electrons. The minimum absolute atomic E-state index is 0.436. The lowest BCUT2D eigenvalue weighted by Gasteiger charge is -2.22. The first-order valence-corrected chi connectivity index (χ1v) is 6.21. The van der Waals surface area contributed by atoms with Crippen LogP contribution in [0.5, 0.6) is 0 Å². The number of nitrogen functional groups attached to an aromatic ring is 1. The normalized spacial score (nSPS) is 11.0. The highest BCUT2D eigenvalue weighted by Gasteiger charge is 2.11. The third-order valence-corrected chi connectivity index (χ3v) is 2.96. The molecular weight excluding hydrogens is 240 g/mol. The molecule has 0 spiro atoms. The molecule has 0 amide bonds. The van der Waals surface area contributed by atoms with Gasteiger partial charge in [-0.1, -0.05) is 12.1 Å². The van der Waals surface area contributed by atoms with E-state index < -0.39 is 0 Å². The van der Waals surface area contributed by atoms with Gasteiger partial charge in [-0.3, -0.25) is 5.43 Å². The van der Waals surface area contributed by atoms with Crippen molar-refractivity contribution in [3.63, 3.8) is 0 Å². The molecule has 6 nitrogen and oxygen atoms in total. The zero-order chi connectivity index (χ0) is 13.8. The molecule has 1 aromatic heterocycles. The zero-order valence-corrected chi connectivity index (χ0v) is 11.6. The molecule has 0 fully saturated rings. The Morgan fingerprint density at radius 2 is 1.84 bits per heavy atom. The molecule has 2 rings (SSSR count). The van der Waals surface area contributed by atoms with Crippen LogP contribution in [0.3, 0.4) is 0 Å². The summed E-state index contributed by atoms with van der Waals surface area (Å²) in [6, 6.07) is 7.93. The molecule has 19 heavy (non-hydrogen) atoms. The minimum Gasteiger partial charge on any atom is -0.358 e. The number of nitrogens with two attached hydrogens (primary N) is 1. The number of rotatable bonds is 5. The van der Waals surface area contributed by atoms with Crippen LogP contribution in [0.15, 0.2) is 24.3 Å². The summed E-state index contributed by atoms with van der Waals surface area (Å²) in [6.07, 6.45) is 0. The van der Waals surface area contributed by atoms with Crippen LogP contribution in [-0.2, 0) is 0 Å². The van der Waals surface area contributed by atoms with Crippen LogP contribution in [0.1, 0.15) is 0 Å². The minimum atomic E-state index is 0.436. The first-order chi connectivity index (χ1) is 9.11. The van der Waals surface area contributed by atoms with Gasteiger partial charge >= 0.3 is 0 Å².